The van der Waals surface area contributed by atoms with Crippen LogP contribution in [-0.2, 0) is 0 Å². The average Bonchev–Trinajstić information content (AvgIpc) is 2.24. The van der Waals surface area contributed by atoms with E-state index in [9.17, 15) is 14.5 Å². The van der Waals surface area contributed by atoms with E-state index in [1.807, 2.05) is 6.92 Å². The summed E-state index contributed by atoms with van der Waals surface area (Å²) in [5, 5.41) is 10.6. The van der Waals surface area contributed by atoms with Gasteiger partial charge in [-0.05, 0) is 12.5 Å². The number of benzene rings is 1. The number of nitro groups is 1. The third-order valence-electron chi connectivity index (χ3n) is 2.12. The molecule has 0 aromatic heterocycles. The van der Waals surface area contributed by atoms with Gasteiger partial charge < -0.3 is 4.74 Å². The Balaban J connectivity index is 2.68. The summed E-state index contributed by atoms with van der Waals surface area (Å²) in [6, 6.07) is 3.21. The van der Waals surface area contributed by atoms with Crippen molar-refractivity contribution < 1.29 is 14.1 Å². The molecule has 4 nitrogen and oxygen atoms in total. The Morgan fingerprint density at radius 1 is 1.44 bits per heavy atom. The number of rotatable bonds is 6. The lowest BCUT2D eigenvalue weighted by Crippen LogP contribution is -2.01. The molecular weight excluding hydrogens is 213 g/mol. The van der Waals surface area contributed by atoms with Gasteiger partial charge in [-0.3, -0.25) is 10.1 Å². The van der Waals surface area contributed by atoms with Crippen LogP contribution in [-0.4, -0.2) is 11.5 Å². The van der Waals surface area contributed by atoms with E-state index in [1.165, 1.54) is 0 Å². The van der Waals surface area contributed by atoms with Crippen LogP contribution < -0.4 is 4.74 Å². The molecule has 0 atom stereocenters. The van der Waals surface area contributed by atoms with Crippen molar-refractivity contribution in [3.8, 4) is 5.75 Å². The second kappa shape index (κ2) is 6.05. The third kappa shape index (κ3) is 3.49. The van der Waals surface area contributed by atoms with Gasteiger partial charge in [0.25, 0.3) is 0 Å². The van der Waals surface area contributed by atoms with E-state index in [0.29, 0.717) is 6.61 Å². The molecule has 0 spiro atoms. The van der Waals surface area contributed by atoms with Gasteiger partial charge in [0.15, 0.2) is 5.75 Å². The monoisotopic (exact) mass is 227 g/mol. The summed E-state index contributed by atoms with van der Waals surface area (Å²) in [4.78, 5) is 10.1. The molecule has 0 aliphatic heterocycles. The van der Waals surface area contributed by atoms with Gasteiger partial charge in [0, 0.05) is 12.1 Å². The first-order valence-electron chi connectivity index (χ1n) is 5.22. The molecular formula is C11H14FNO3. The lowest BCUT2D eigenvalue weighted by molar-refractivity contribution is -0.385. The Morgan fingerprint density at radius 3 is 2.81 bits per heavy atom. The fraction of sp³-hybridized carbons (Fsp3) is 0.455. The van der Waals surface area contributed by atoms with Crippen LogP contribution >= 0.6 is 0 Å². The molecule has 1 aromatic carbocycles. The molecule has 0 fully saturated rings. The highest BCUT2D eigenvalue weighted by Crippen LogP contribution is 2.27. The summed E-state index contributed by atoms with van der Waals surface area (Å²) in [6.45, 7) is 2.42. The molecule has 0 amide bonds. The molecule has 0 aliphatic rings. The van der Waals surface area contributed by atoms with E-state index in [1.54, 1.807) is 0 Å². The minimum absolute atomic E-state index is 0.00102. The predicted molar refractivity (Wildman–Crippen MR) is 58.1 cm³/mol. The zero-order chi connectivity index (χ0) is 12.0. The Hall–Kier alpha value is -1.65. The summed E-state index contributed by atoms with van der Waals surface area (Å²) >= 11 is 0. The molecule has 0 bridgehead atoms. The number of hydrogen-bond acceptors (Lipinski definition) is 3. The molecule has 88 valence electrons. The van der Waals surface area contributed by atoms with E-state index < -0.39 is 10.7 Å². The maximum Gasteiger partial charge on any atom is 0.311 e. The van der Waals surface area contributed by atoms with Crippen molar-refractivity contribution in [2.75, 3.05) is 6.61 Å². The normalized spacial score (nSPS) is 10.1. The van der Waals surface area contributed by atoms with Crippen molar-refractivity contribution in [1.29, 1.82) is 0 Å². The highest BCUT2D eigenvalue weighted by Gasteiger charge is 2.15. The first-order chi connectivity index (χ1) is 7.65. The molecule has 0 aliphatic carbocycles. The number of hydrogen-bond donors (Lipinski definition) is 0. The van der Waals surface area contributed by atoms with Gasteiger partial charge in [0.05, 0.1) is 11.5 Å². The molecule has 0 unspecified atom stereocenters. The molecule has 0 saturated carbocycles. The predicted octanol–water partition coefficient (Wildman–Crippen LogP) is 3.30. The van der Waals surface area contributed by atoms with Gasteiger partial charge in [0.1, 0.15) is 5.82 Å². The summed E-state index contributed by atoms with van der Waals surface area (Å²) in [7, 11) is 0. The minimum Gasteiger partial charge on any atom is -0.487 e. The number of nitro benzene ring substituents is 1. The molecule has 0 heterocycles. The second-order valence-electron chi connectivity index (χ2n) is 3.42. The van der Waals surface area contributed by atoms with Crippen LogP contribution in [0.4, 0.5) is 10.1 Å². The largest absolute Gasteiger partial charge is 0.487 e. The van der Waals surface area contributed by atoms with Crippen LogP contribution in [0.3, 0.4) is 0 Å². The zero-order valence-electron chi connectivity index (χ0n) is 9.11. The third-order valence-corrected chi connectivity index (χ3v) is 2.12. The molecule has 1 rings (SSSR count). The van der Waals surface area contributed by atoms with Gasteiger partial charge >= 0.3 is 5.69 Å². The quantitative estimate of drug-likeness (QED) is 0.425. The van der Waals surface area contributed by atoms with Gasteiger partial charge in [0.2, 0.25) is 0 Å². The maximum atomic E-state index is 12.9. The Morgan fingerprint density at radius 2 is 2.19 bits per heavy atom. The summed E-state index contributed by atoms with van der Waals surface area (Å²) < 4.78 is 18.1. The molecule has 5 heteroatoms. The Kier molecular flexibility index (Phi) is 4.69. The van der Waals surface area contributed by atoms with Gasteiger partial charge in [-0.25, -0.2) is 4.39 Å². The van der Waals surface area contributed by atoms with Crippen LogP contribution in [0, 0.1) is 15.9 Å². The second-order valence-corrected chi connectivity index (χ2v) is 3.42. The molecule has 16 heavy (non-hydrogen) atoms. The average molecular weight is 227 g/mol. The van der Waals surface area contributed by atoms with Crippen LogP contribution in [0.2, 0.25) is 0 Å². The Labute approximate surface area is 93.2 Å². The summed E-state index contributed by atoms with van der Waals surface area (Å²) in [6.07, 6.45) is 2.84. The van der Waals surface area contributed by atoms with Crippen LogP contribution in [0.5, 0.6) is 5.75 Å². The number of unbranched alkanes of at least 4 members (excludes halogenated alkanes) is 2. The Bertz CT molecular complexity index is 368. The van der Waals surface area contributed by atoms with Crippen molar-refractivity contribution in [2.24, 2.45) is 0 Å². The first-order valence-corrected chi connectivity index (χ1v) is 5.22. The smallest absolute Gasteiger partial charge is 0.311 e. The van der Waals surface area contributed by atoms with Gasteiger partial charge in [-0.2, -0.15) is 0 Å². The lowest BCUT2D eigenvalue weighted by Gasteiger charge is -2.06. The fourth-order valence-electron chi connectivity index (χ4n) is 1.29. The van der Waals surface area contributed by atoms with E-state index >= 15 is 0 Å². The fourth-order valence-corrected chi connectivity index (χ4v) is 1.29. The van der Waals surface area contributed by atoms with Crippen molar-refractivity contribution in [3.63, 3.8) is 0 Å². The maximum absolute atomic E-state index is 12.9. The number of nitrogens with zero attached hydrogens (tertiary/aromatic N) is 1. The number of ether oxygens (including phenoxy) is 1. The highest BCUT2D eigenvalue weighted by atomic mass is 19.1. The summed E-state index contributed by atoms with van der Waals surface area (Å²) in [5.74, 6) is -0.530. The molecule has 0 N–H and O–H groups in total. The topological polar surface area (TPSA) is 52.4 Å². The van der Waals surface area contributed by atoms with E-state index in [4.69, 9.17) is 4.74 Å². The standard InChI is InChI=1S/C11H14FNO3/c1-2-3-4-7-16-11-8-9(12)5-6-10(11)13(14)15/h5-6,8H,2-4,7H2,1H3. The summed E-state index contributed by atoms with van der Waals surface area (Å²) in [5.41, 5.74) is -0.196. The van der Waals surface area contributed by atoms with Crippen molar-refractivity contribution in [1.82, 2.24) is 0 Å². The van der Waals surface area contributed by atoms with Crippen molar-refractivity contribution in [3.05, 3.63) is 34.1 Å². The van der Waals surface area contributed by atoms with Crippen LogP contribution in [0.1, 0.15) is 26.2 Å². The molecule has 0 radical (unpaired) electrons. The van der Waals surface area contributed by atoms with E-state index in [2.05, 4.69) is 0 Å². The van der Waals surface area contributed by atoms with Gasteiger partial charge in [-0.1, -0.05) is 19.8 Å². The number of halogens is 1. The van der Waals surface area contributed by atoms with Crippen LogP contribution in [0.15, 0.2) is 18.2 Å². The van der Waals surface area contributed by atoms with Crippen molar-refractivity contribution in [2.45, 2.75) is 26.2 Å². The zero-order valence-corrected chi connectivity index (χ0v) is 9.11. The first kappa shape index (κ1) is 12.4. The SMILES string of the molecule is CCCCCOc1cc(F)ccc1[N+](=O)[O-]. The van der Waals surface area contributed by atoms with Gasteiger partial charge in [-0.15, -0.1) is 0 Å². The van der Waals surface area contributed by atoms with Crippen molar-refractivity contribution >= 4 is 5.69 Å². The minimum atomic E-state index is -0.575. The molecule has 0 saturated heterocycles. The van der Waals surface area contributed by atoms with E-state index in [-0.39, 0.29) is 11.4 Å². The van der Waals surface area contributed by atoms with E-state index in [0.717, 1.165) is 37.5 Å². The lowest BCUT2D eigenvalue weighted by atomic mass is 10.2. The van der Waals surface area contributed by atoms with Crippen LogP contribution in [0.25, 0.3) is 0 Å². The molecule has 1 aromatic rings. The highest BCUT2D eigenvalue weighted by molar-refractivity contribution is 5.46.